The number of nitrogens with one attached hydrogen (secondary N) is 2. The summed E-state index contributed by atoms with van der Waals surface area (Å²) >= 11 is 0. The number of hydrogen-bond acceptors (Lipinski definition) is 3. The van der Waals surface area contributed by atoms with Gasteiger partial charge in [-0.05, 0) is 31.0 Å². The van der Waals surface area contributed by atoms with Crippen molar-refractivity contribution >= 4 is 11.6 Å². The van der Waals surface area contributed by atoms with Gasteiger partial charge in [-0.25, -0.2) is 8.78 Å². The summed E-state index contributed by atoms with van der Waals surface area (Å²) < 4.78 is 27.2. The number of halogens is 2. The first kappa shape index (κ1) is 21.0. The number of aliphatic hydroxyl groups excluding tert-OH is 1. The maximum Gasteiger partial charge on any atom is 0.191 e. The molecular formula is C22H28F2N4O. The standard InChI is InChI=1S/C22H28F2N4O/c1-2-25-22(26-14-19(29)12-16-6-4-3-5-7-16)27-18-10-11-28(15-18)21-9-8-17(23)13-20(21)24/h3-9,13,18-19,29H,2,10-12,14-15H2,1H3,(H2,25,26,27). The molecular weight excluding hydrogens is 374 g/mol. The summed E-state index contributed by atoms with van der Waals surface area (Å²) in [4.78, 5) is 6.41. The number of benzene rings is 2. The third kappa shape index (κ3) is 6.15. The van der Waals surface area contributed by atoms with Crippen LogP contribution >= 0.6 is 0 Å². The zero-order valence-corrected chi connectivity index (χ0v) is 16.6. The number of aliphatic hydroxyl groups is 1. The minimum atomic E-state index is -0.573. The van der Waals surface area contributed by atoms with E-state index in [4.69, 9.17) is 0 Å². The van der Waals surface area contributed by atoms with Gasteiger partial charge in [-0.15, -0.1) is 0 Å². The van der Waals surface area contributed by atoms with Gasteiger partial charge in [-0.2, -0.15) is 0 Å². The second kappa shape index (κ2) is 10.2. The van der Waals surface area contributed by atoms with Crippen molar-refractivity contribution in [1.82, 2.24) is 10.6 Å². The maximum atomic E-state index is 14.0. The fraction of sp³-hybridized carbons (Fsp3) is 0.409. The molecule has 7 heteroatoms. The summed E-state index contributed by atoms with van der Waals surface area (Å²) in [6.45, 7) is 4.24. The molecule has 2 aromatic rings. The first-order chi connectivity index (χ1) is 14.0. The van der Waals surface area contributed by atoms with E-state index >= 15 is 0 Å². The predicted octanol–water partition coefficient (Wildman–Crippen LogP) is 2.70. The van der Waals surface area contributed by atoms with E-state index in [1.807, 2.05) is 42.2 Å². The Kier molecular flexibility index (Phi) is 7.41. The number of anilines is 1. The predicted molar refractivity (Wildman–Crippen MR) is 112 cm³/mol. The first-order valence-electron chi connectivity index (χ1n) is 10.0. The van der Waals surface area contributed by atoms with Crippen LogP contribution in [0.5, 0.6) is 0 Å². The highest BCUT2D eigenvalue weighted by Crippen LogP contribution is 2.24. The van der Waals surface area contributed by atoms with Crippen molar-refractivity contribution < 1.29 is 13.9 Å². The van der Waals surface area contributed by atoms with E-state index in [1.54, 1.807) is 0 Å². The lowest BCUT2D eigenvalue weighted by Gasteiger charge is -2.21. The van der Waals surface area contributed by atoms with E-state index in [-0.39, 0.29) is 12.6 Å². The normalized spacial score (nSPS) is 18.0. The fourth-order valence-corrected chi connectivity index (χ4v) is 3.50. The number of nitrogens with zero attached hydrogens (tertiary/aromatic N) is 2. The Hall–Kier alpha value is -2.67. The Morgan fingerprint density at radius 1 is 1.24 bits per heavy atom. The lowest BCUT2D eigenvalue weighted by Crippen LogP contribution is -2.45. The quantitative estimate of drug-likeness (QED) is 0.492. The van der Waals surface area contributed by atoms with Gasteiger partial charge in [-0.1, -0.05) is 30.3 Å². The van der Waals surface area contributed by atoms with Gasteiger partial charge in [0.2, 0.25) is 0 Å². The topological polar surface area (TPSA) is 59.9 Å². The molecule has 29 heavy (non-hydrogen) atoms. The largest absolute Gasteiger partial charge is 0.391 e. The zero-order chi connectivity index (χ0) is 20.6. The summed E-state index contributed by atoms with van der Waals surface area (Å²) in [5.41, 5.74) is 1.48. The lowest BCUT2D eigenvalue weighted by atomic mass is 10.1. The molecule has 0 spiro atoms. The zero-order valence-electron chi connectivity index (χ0n) is 16.6. The van der Waals surface area contributed by atoms with Gasteiger partial charge < -0.3 is 20.6 Å². The molecule has 3 rings (SSSR count). The van der Waals surface area contributed by atoms with E-state index in [0.29, 0.717) is 37.7 Å². The summed E-state index contributed by atoms with van der Waals surface area (Å²) in [6, 6.07) is 13.6. The van der Waals surface area contributed by atoms with Crippen molar-refractivity contribution in [3.63, 3.8) is 0 Å². The maximum absolute atomic E-state index is 14.0. The number of hydrogen-bond donors (Lipinski definition) is 3. The molecule has 156 valence electrons. The number of guanidine groups is 1. The second-order valence-electron chi connectivity index (χ2n) is 7.23. The molecule has 0 bridgehead atoms. The molecule has 1 fully saturated rings. The Balaban J connectivity index is 1.55. The van der Waals surface area contributed by atoms with Crippen LogP contribution in [0.1, 0.15) is 18.9 Å². The van der Waals surface area contributed by atoms with Gasteiger partial charge in [0.05, 0.1) is 18.3 Å². The molecule has 1 saturated heterocycles. The molecule has 0 aromatic heterocycles. The van der Waals surface area contributed by atoms with Crippen LogP contribution in [0.3, 0.4) is 0 Å². The number of aliphatic imine (C=N–C) groups is 1. The fourth-order valence-electron chi connectivity index (χ4n) is 3.50. The van der Waals surface area contributed by atoms with Gasteiger partial charge in [0.1, 0.15) is 11.6 Å². The van der Waals surface area contributed by atoms with Gasteiger partial charge in [0.15, 0.2) is 5.96 Å². The van der Waals surface area contributed by atoms with Crippen molar-refractivity contribution in [3.05, 3.63) is 65.7 Å². The molecule has 0 saturated carbocycles. The van der Waals surface area contributed by atoms with Crippen LogP contribution in [0.4, 0.5) is 14.5 Å². The van der Waals surface area contributed by atoms with Crippen molar-refractivity contribution in [1.29, 1.82) is 0 Å². The highest BCUT2D eigenvalue weighted by molar-refractivity contribution is 5.80. The van der Waals surface area contributed by atoms with Crippen molar-refractivity contribution in [2.75, 3.05) is 31.1 Å². The van der Waals surface area contributed by atoms with Crippen LogP contribution in [0.15, 0.2) is 53.5 Å². The van der Waals surface area contributed by atoms with Crippen molar-refractivity contribution in [3.8, 4) is 0 Å². The molecule has 1 aliphatic rings. The summed E-state index contributed by atoms with van der Waals surface area (Å²) in [5.74, 6) is -0.489. The molecule has 2 atom stereocenters. The third-order valence-electron chi connectivity index (χ3n) is 4.90. The highest BCUT2D eigenvalue weighted by Gasteiger charge is 2.25. The molecule has 2 unspecified atom stereocenters. The van der Waals surface area contributed by atoms with Gasteiger partial charge in [0, 0.05) is 38.2 Å². The van der Waals surface area contributed by atoms with Crippen LogP contribution in [0.25, 0.3) is 0 Å². The molecule has 5 nitrogen and oxygen atoms in total. The van der Waals surface area contributed by atoms with E-state index in [0.717, 1.165) is 18.1 Å². The molecule has 1 heterocycles. The minimum absolute atomic E-state index is 0.0866. The molecule has 1 aliphatic heterocycles. The van der Waals surface area contributed by atoms with E-state index < -0.39 is 17.7 Å². The van der Waals surface area contributed by atoms with Gasteiger partial charge in [0.25, 0.3) is 0 Å². The smallest absolute Gasteiger partial charge is 0.191 e. The average molecular weight is 402 g/mol. The Labute approximate surface area is 170 Å². The van der Waals surface area contributed by atoms with E-state index in [9.17, 15) is 13.9 Å². The number of rotatable bonds is 7. The second-order valence-corrected chi connectivity index (χ2v) is 7.23. The van der Waals surface area contributed by atoms with Crippen molar-refractivity contribution in [2.45, 2.75) is 31.9 Å². The lowest BCUT2D eigenvalue weighted by molar-refractivity contribution is 0.183. The molecule has 0 amide bonds. The van der Waals surface area contributed by atoms with E-state index in [2.05, 4.69) is 15.6 Å². The Morgan fingerprint density at radius 3 is 2.76 bits per heavy atom. The third-order valence-corrected chi connectivity index (χ3v) is 4.90. The monoisotopic (exact) mass is 402 g/mol. The molecule has 0 aliphatic carbocycles. The van der Waals surface area contributed by atoms with Gasteiger partial charge in [-0.3, -0.25) is 4.99 Å². The molecule has 2 aromatic carbocycles. The highest BCUT2D eigenvalue weighted by atomic mass is 19.1. The van der Waals surface area contributed by atoms with Gasteiger partial charge >= 0.3 is 0 Å². The van der Waals surface area contributed by atoms with Crippen LogP contribution in [-0.2, 0) is 6.42 Å². The summed E-state index contributed by atoms with van der Waals surface area (Å²) in [7, 11) is 0. The van der Waals surface area contributed by atoms with Crippen molar-refractivity contribution in [2.24, 2.45) is 4.99 Å². The Bertz CT molecular complexity index is 816. The summed E-state index contributed by atoms with van der Waals surface area (Å²) in [6.07, 6.45) is 0.791. The summed E-state index contributed by atoms with van der Waals surface area (Å²) in [5, 5.41) is 16.8. The molecule has 0 radical (unpaired) electrons. The Morgan fingerprint density at radius 2 is 2.03 bits per heavy atom. The molecule has 3 N–H and O–H groups in total. The average Bonchev–Trinajstić information content (AvgIpc) is 3.15. The first-order valence-corrected chi connectivity index (χ1v) is 10.0. The van der Waals surface area contributed by atoms with Crippen LogP contribution in [-0.4, -0.2) is 49.4 Å². The van der Waals surface area contributed by atoms with Crippen LogP contribution in [0, 0.1) is 11.6 Å². The van der Waals surface area contributed by atoms with Crippen LogP contribution < -0.4 is 15.5 Å². The minimum Gasteiger partial charge on any atom is -0.391 e. The van der Waals surface area contributed by atoms with Crippen LogP contribution in [0.2, 0.25) is 0 Å². The SMILES string of the molecule is CCNC(=NCC(O)Cc1ccccc1)NC1CCN(c2ccc(F)cc2F)C1. The van der Waals surface area contributed by atoms with E-state index in [1.165, 1.54) is 12.1 Å².